The molecule has 0 saturated carbocycles. The number of aliphatic carboxylic acids is 1. The van der Waals surface area contributed by atoms with Crippen LogP contribution in [0.3, 0.4) is 0 Å². The van der Waals surface area contributed by atoms with E-state index in [9.17, 15) is 4.79 Å². The zero-order valence-electron chi connectivity index (χ0n) is 10.4. The predicted octanol–water partition coefficient (Wildman–Crippen LogP) is 3.08. The van der Waals surface area contributed by atoms with Crippen LogP contribution in [0.15, 0.2) is 35.9 Å². The number of anilines is 1. The molecule has 0 heterocycles. The summed E-state index contributed by atoms with van der Waals surface area (Å²) in [6.45, 7) is 4.50. The number of rotatable bonds is 6. The van der Waals surface area contributed by atoms with Gasteiger partial charge in [0.1, 0.15) is 0 Å². The average Bonchev–Trinajstić information content (AvgIpc) is 2.34. The van der Waals surface area contributed by atoms with E-state index in [1.165, 1.54) is 5.56 Å². The quantitative estimate of drug-likeness (QED) is 0.742. The van der Waals surface area contributed by atoms with E-state index in [1.807, 2.05) is 25.1 Å². The molecule has 0 bridgehead atoms. The predicted molar refractivity (Wildman–Crippen MR) is 70.3 cm³/mol. The van der Waals surface area contributed by atoms with Crippen LogP contribution < -0.4 is 5.32 Å². The molecule has 17 heavy (non-hydrogen) atoms. The van der Waals surface area contributed by atoms with E-state index in [4.69, 9.17) is 5.11 Å². The van der Waals surface area contributed by atoms with E-state index in [0.717, 1.165) is 12.1 Å². The van der Waals surface area contributed by atoms with Gasteiger partial charge in [0.05, 0.1) is 0 Å². The Morgan fingerprint density at radius 3 is 2.65 bits per heavy atom. The maximum absolute atomic E-state index is 10.8. The summed E-state index contributed by atoms with van der Waals surface area (Å²) in [5, 5.41) is 12.1. The Morgan fingerprint density at radius 2 is 2.06 bits per heavy atom. The van der Waals surface area contributed by atoms with Crippen molar-refractivity contribution in [2.24, 2.45) is 0 Å². The fraction of sp³-hybridized carbons (Fsp3) is 0.357. The van der Waals surface area contributed by atoms with Gasteiger partial charge in [0.15, 0.2) is 0 Å². The minimum Gasteiger partial charge on any atom is -0.478 e. The lowest BCUT2D eigenvalue weighted by atomic mass is 10.1. The summed E-state index contributed by atoms with van der Waals surface area (Å²) in [7, 11) is 0. The van der Waals surface area contributed by atoms with Crippen molar-refractivity contribution in [3.05, 3.63) is 41.5 Å². The molecule has 0 amide bonds. The Hall–Kier alpha value is -1.77. The number of hydrogen-bond acceptors (Lipinski definition) is 2. The van der Waals surface area contributed by atoms with Crippen molar-refractivity contribution >= 4 is 11.7 Å². The lowest BCUT2D eigenvalue weighted by molar-refractivity contribution is -0.132. The van der Waals surface area contributed by atoms with Crippen LogP contribution >= 0.6 is 0 Å². The third-order valence-corrected chi connectivity index (χ3v) is 2.69. The number of carbonyl (C=O) groups is 1. The second-order valence-corrected chi connectivity index (χ2v) is 3.78. The first-order valence-corrected chi connectivity index (χ1v) is 5.93. The first kappa shape index (κ1) is 13.3. The minimum atomic E-state index is -0.835. The molecular weight excluding hydrogens is 214 g/mol. The highest BCUT2D eigenvalue weighted by atomic mass is 16.4. The SMILES string of the molecule is CC/C(=C/CNc1ccccc1CC)C(=O)O. The van der Waals surface area contributed by atoms with Gasteiger partial charge in [-0.3, -0.25) is 0 Å². The number of aryl methyl sites for hydroxylation is 1. The molecule has 3 nitrogen and oxygen atoms in total. The van der Waals surface area contributed by atoms with Crippen LogP contribution in [-0.4, -0.2) is 17.6 Å². The highest BCUT2D eigenvalue weighted by molar-refractivity contribution is 5.86. The van der Waals surface area contributed by atoms with Gasteiger partial charge >= 0.3 is 5.97 Å². The number of carboxylic acid groups (broad SMARTS) is 1. The molecule has 3 heteroatoms. The maximum Gasteiger partial charge on any atom is 0.331 e. The van der Waals surface area contributed by atoms with Crippen molar-refractivity contribution in [2.45, 2.75) is 26.7 Å². The molecule has 0 fully saturated rings. The summed E-state index contributed by atoms with van der Waals surface area (Å²) in [5.74, 6) is -0.835. The highest BCUT2D eigenvalue weighted by Crippen LogP contribution is 2.15. The van der Waals surface area contributed by atoms with Crippen LogP contribution in [0.1, 0.15) is 25.8 Å². The fourth-order valence-corrected chi connectivity index (χ4v) is 1.67. The van der Waals surface area contributed by atoms with Crippen molar-refractivity contribution in [1.29, 1.82) is 0 Å². The van der Waals surface area contributed by atoms with E-state index in [1.54, 1.807) is 6.08 Å². The second kappa shape index (κ2) is 6.74. The van der Waals surface area contributed by atoms with Gasteiger partial charge in [-0.05, 0) is 24.5 Å². The molecule has 0 aliphatic heterocycles. The molecule has 0 spiro atoms. The highest BCUT2D eigenvalue weighted by Gasteiger charge is 2.03. The van der Waals surface area contributed by atoms with Crippen molar-refractivity contribution in [3.8, 4) is 0 Å². The van der Waals surface area contributed by atoms with Gasteiger partial charge < -0.3 is 10.4 Å². The summed E-state index contributed by atoms with van der Waals surface area (Å²) < 4.78 is 0. The summed E-state index contributed by atoms with van der Waals surface area (Å²) in [5.41, 5.74) is 2.77. The number of carboxylic acids is 1. The zero-order valence-corrected chi connectivity index (χ0v) is 10.4. The van der Waals surface area contributed by atoms with Crippen molar-refractivity contribution in [2.75, 3.05) is 11.9 Å². The van der Waals surface area contributed by atoms with Crippen LogP contribution in [-0.2, 0) is 11.2 Å². The molecule has 2 N–H and O–H groups in total. The first-order valence-electron chi connectivity index (χ1n) is 5.93. The van der Waals surface area contributed by atoms with Gasteiger partial charge in [-0.1, -0.05) is 38.1 Å². The Morgan fingerprint density at radius 1 is 1.35 bits per heavy atom. The summed E-state index contributed by atoms with van der Waals surface area (Å²) >= 11 is 0. The molecule has 0 aromatic heterocycles. The number of benzene rings is 1. The Bertz CT molecular complexity index is 410. The molecule has 0 unspecified atom stereocenters. The monoisotopic (exact) mass is 233 g/mol. The van der Waals surface area contributed by atoms with Gasteiger partial charge in [0, 0.05) is 17.8 Å². The number of para-hydroxylation sites is 1. The average molecular weight is 233 g/mol. The molecule has 1 aromatic rings. The standard InChI is InChI=1S/C14H19NO2/c1-3-11-7-5-6-8-13(11)15-10-9-12(4-2)14(16)17/h5-9,15H,3-4,10H2,1-2H3,(H,16,17)/b12-9-. The third-order valence-electron chi connectivity index (χ3n) is 2.69. The molecule has 0 atom stereocenters. The lowest BCUT2D eigenvalue weighted by Gasteiger charge is -2.09. The Labute approximate surface area is 102 Å². The second-order valence-electron chi connectivity index (χ2n) is 3.78. The molecule has 0 aliphatic carbocycles. The van der Waals surface area contributed by atoms with Crippen LogP contribution in [0, 0.1) is 0 Å². The smallest absolute Gasteiger partial charge is 0.331 e. The van der Waals surface area contributed by atoms with Crippen molar-refractivity contribution < 1.29 is 9.90 Å². The first-order chi connectivity index (χ1) is 8.19. The number of hydrogen-bond donors (Lipinski definition) is 2. The van der Waals surface area contributed by atoms with Crippen LogP contribution in [0.25, 0.3) is 0 Å². The van der Waals surface area contributed by atoms with Crippen LogP contribution in [0.4, 0.5) is 5.69 Å². The molecular formula is C14H19NO2. The summed E-state index contributed by atoms with van der Waals surface area (Å²) in [4.78, 5) is 10.8. The van der Waals surface area contributed by atoms with E-state index in [2.05, 4.69) is 18.3 Å². The van der Waals surface area contributed by atoms with Crippen LogP contribution in [0.2, 0.25) is 0 Å². The van der Waals surface area contributed by atoms with Crippen molar-refractivity contribution in [1.82, 2.24) is 0 Å². The normalized spacial score (nSPS) is 11.3. The Balaban J connectivity index is 2.64. The zero-order chi connectivity index (χ0) is 12.7. The minimum absolute atomic E-state index is 0.450. The van der Waals surface area contributed by atoms with Crippen LogP contribution in [0.5, 0.6) is 0 Å². The third kappa shape index (κ3) is 3.94. The molecule has 0 aliphatic rings. The van der Waals surface area contributed by atoms with Gasteiger partial charge in [-0.2, -0.15) is 0 Å². The summed E-state index contributed by atoms with van der Waals surface area (Å²) in [6, 6.07) is 8.07. The van der Waals surface area contributed by atoms with Gasteiger partial charge in [-0.15, -0.1) is 0 Å². The van der Waals surface area contributed by atoms with E-state index in [0.29, 0.717) is 18.5 Å². The maximum atomic E-state index is 10.8. The topological polar surface area (TPSA) is 49.3 Å². The van der Waals surface area contributed by atoms with E-state index < -0.39 is 5.97 Å². The molecule has 0 saturated heterocycles. The van der Waals surface area contributed by atoms with E-state index in [-0.39, 0.29) is 0 Å². The largest absolute Gasteiger partial charge is 0.478 e. The molecule has 92 valence electrons. The Kier molecular flexibility index (Phi) is 5.27. The summed E-state index contributed by atoms with van der Waals surface area (Å²) in [6.07, 6.45) is 3.24. The van der Waals surface area contributed by atoms with Gasteiger partial charge in [0.25, 0.3) is 0 Å². The fourth-order valence-electron chi connectivity index (χ4n) is 1.67. The van der Waals surface area contributed by atoms with E-state index >= 15 is 0 Å². The molecule has 0 radical (unpaired) electrons. The van der Waals surface area contributed by atoms with Crippen molar-refractivity contribution in [3.63, 3.8) is 0 Å². The number of nitrogens with one attached hydrogen (secondary N) is 1. The van der Waals surface area contributed by atoms with Gasteiger partial charge in [0.2, 0.25) is 0 Å². The lowest BCUT2D eigenvalue weighted by Crippen LogP contribution is -2.05. The molecule has 1 aromatic carbocycles. The molecule has 1 rings (SSSR count). The van der Waals surface area contributed by atoms with Gasteiger partial charge in [-0.25, -0.2) is 4.79 Å².